The number of aryl methyl sites for hydroxylation is 1. The van der Waals surface area contributed by atoms with Crippen molar-refractivity contribution < 1.29 is 23.0 Å². The minimum atomic E-state index is -2.92. The highest BCUT2D eigenvalue weighted by atomic mass is 35.5. The summed E-state index contributed by atoms with van der Waals surface area (Å²) in [6.07, 6.45) is 2.05. The van der Waals surface area contributed by atoms with E-state index in [0.717, 1.165) is 29.7 Å². The second-order valence-electron chi connectivity index (χ2n) is 7.24. The van der Waals surface area contributed by atoms with E-state index >= 15 is 0 Å². The van der Waals surface area contributed by atoms with Crippen molar-refractivity contribution in [1.82, 2.24) is 4.90 Å². The van der Waals surface area contributed by atoms with Crippen molar-refractivity contribution in [2.24, 2.45) is 0 Å². The summed E-state index contributed by atoms with van der Waals surface area (Å²) < 4.78 is 35.2. The van der Waals surface area contributed by atoms with Gasteiger partial charge in [0.05, 0.1) is 13.2 Å². The van der Waals surface area contributed by atoms with Crippen LogP contribution in [0.1, 0.15) is 30.9 Å². The van der Waals surface area contributed by atoms with Gasteiger partial charge in [-0.1, -0.05) is 17.7 Å². The molecule has 1 fully saturated rings. The Hall–Kier alpha value is -2.38. The summed E-state index contributed by atoms with van der Waals surface area (Å²) in [6, 6.07) is 10.5. The van der Waals surface area contributed by atoms with Gasteiger partial charge >= 0.3 is 6.61 Å². The lowest BCUT2D eigenvalue weighted by molar-refractivity contribution is -0.117. The molecule has 1 aliphatic carbocycles. The third-order valence-electron chi connectivity index (χ3n) is 4.78. The predicted octanol–water partition coefficient (Wildman–Crippen LogP) is 5.25. The van der Waals surface area contributed by atoms with Gasteiger partial charge in [0.1, 0.15) is 0 Å². The Morgan fingerprint density at radius 2 is 2.00 bits per heavy atom. The smallest absolute Gasteiger partial charge is 0.387 e. The fourth-order valence-electron chi connectivity index (χ4n) is 3.24. The lowest BCUT2D eigenvalue weighted by atomic mass is 10.1. The van der Waals surface area contributed by atoms with Crippen LogP contribution < -0.4 is 14.8 Å². The van der Waals surface area contributed by atoms with Crippen molar-refractivity contribution in [3.05, 3.63) is 52.5 Å². The van der Waals surface area contributed by atoms with Crippen molar-refractivity contribution in [3.8, 4) is 11.5 Å². The molecule has 2 aromatic rings. The number of benzene rings is 2. The first-order valence-electron chi connectivity index (χ1n) is 9.86. The summed E-state index contributed by atoms with van der Waals surface area (Å²) >= 11 is 5.97. The third-order valence-corrected chi connectivity index (χ3v) is 5.02. The number of rotatable bonds is 10. The lowest BCUT2D eigenvalue weighted by Crippen LogP contribution is -2.34. The van der Waals surface area contributed by atoms with Gasteiger partial charge < -0.3 is 14.8 Å². The molecule has 1 N–H and O–H groups in total. The fraction of sp³-hybridized carbons (Fsp3) is 0.409. The van der Waals surface area contributed by atoms with Crippen LogP contribution in [0.2, 0.25) is 5.02 Å². The molecule has 2 aromatic carbocycles. The predicted molar refractivity (Wildman–Crippen MR) is 112 cm³/mol. The van der Waals surface area contributed by atoms with Crippen LogP contribution in [0, 0.1) is 6.92 Å². The molecule has 0 radical (unpaired) electrons. The topological polar surface area (TPSA) is 50.8 Å². The van der Waals surface area contributed by atoms with E-state index in [4.69, 9.17) is 16.3 Å². The average Bonchev–Trinajstić information content (AvgIpc) is 3.51. The van der Waals surface area contributed by atoms with E-state index in [1.807, 2.05) is 6.92 Å². The quantitative estimate of drug-likeness (QED) is 0.550. The standard InChI is InChI=1S/C22H25ClF2N2O3/c1-3-29-20-11-15(4-9-19(20)30-22(24)25)12-27(17-6-7-17)13-21(28)26-18-8-5-16(23)10-14(18)2/h4-5,8-11,17,22H,3,6-7,12-13H2,1-2H3,(H,26,28). The molecule has 0 atom stereocenters. The Morgan fingerprint density at radius 3 is 2.63 bits per heavy atom. The largest absolute Gasteiger partial charge is 0.490 e. The summed E-state index contributed by atoms with van der Waals surface area (Å²) in [4.78, 5) is 14.7. The molecular weight excluding hydrogens is 414 g/mol. The maximum atomic E-state index is 12.6. The number of carbonyl (C=O) groups excluding carboxylic acids is 1. The fourth-order valence-corrected chi connectivity index (χ4v) is 3.47. The SMILES string of the molecule is CCOc1cc(CN(CC(=O)Nc2ccc(Cl)cc2C)C2CC2)ccc1OC(F)F. The summed E-state index contributed by atoms with van der Waals surface area (Å²) in [6.45, 7) is 1.81. The molecule has 1 amide bonds. The van der Waals surface area contributed by atoms with Crippen molar-refractivity contribution >= 4 is 23.2 Å². The molecule has 0 spiro atoms. The van der Waals surface area contributed by atoms with Gasteiger partial charge in [-0.3, -0.25) is 9.69 Å². The van der Waals surface area contributed by atoms with E-state index in [9.17, 15) is 13.6 Å². The maximum Gasteiger partial charge on any atom is 0.387 e. The molecule has 0 aliphatic heterocycles. The first-order chi connectivity index (χ1) is 14.4. The van der Waals surface area contributed by atoms with Crippen LogP contribution >= 0.6 is 11.6 Å². The Kier molecular flexibility index (Phi) is 7.50. The first-order valence-corrected chi connectivity index (χ1v) is 10.2. The maximum absolute atomic E-state index is 12.6. The van der Waals surface area contributed by atoms with Crippen LogP contribution in [0.3, 0.4) is 0 Å². The number of carbonyl (C=O) groups is 1. The normalized spacial score (nSPS) is 13.6. The van der Waals surface area contributed by atoms with Crippen molar-refractivity contribution in [1.29, 1.82) is 0 Å². The number of hydrogen-bond donors (Lipinski definition) is 1. The molecule has 162 valence electrons. The molecule has 8 heteroatoms. The van der Waals surface area contributed by atoms with Gasteiger partial charge in [0.25, 0.3) is 0 Å². The van der Waals surface area contributed by atoms with Gasteiger partial charge in [-0.25, -0.2) is 0 Å². The number of hydrogen-bond acceptors (Lipinski definition) is 4. The lowest BCUT2D eigenvalue weighted by Gasteiger charge is -2.22. The molecule has 1 saturated carbocycles. The van der Waals surface area contributed by atoms with Crippen LogP contribution in [0.25, 0.3) is 0 Å². The van der Waals surface area contributed by atoms with Gasteiger partial charge in [0.15, 0.2) is 11.5 Å². The highest BCUT2D eigenvalue weighted by Gasteiger charge is 2.30. The van der Waals surface area contributed by atoms with E-state index in [2.05, 4.69) is 15.0 Å². The van der Waals surface area contributed by atoms with Gasteiger partial charge in [0.2, 0.25) is 5.91 Å². The van der Waals surface area contributed by atoms with E-state index in [1.54, 1.807) is 37.3 Å². The van der Waals surface area contributed by atoms with Gasteiger partial charge in [-0.15, -0.1) is 0 Å². The Bertz CT molecular complexity index is 891. The second-order valence-corrected chi connectivity index (χ2v) is 7.67. The molecule has 0 aromatic heterocycles. The van der Waals surface area contributed by atoms with Gasteiger partial charge in [-0.05, 0) is 68.1 Å². The number of ether oxygens (including phenoxy) is 2. The minimum Gasteiger partial charge on any atom is -0.490 e. The van der Waals surface area contributed by atoms with E-state index in [1.165, 1.54) is 6.07 Å². The first kappa shape index (κ1) is 22.3. The summed E-state index contributed by atoms with van der Waals surface area (Å²) in [5.41, 5.74) is 2.49. The number of anilines is 1. The van der Waals surface area contributed by atoms with Crippen molar-refractivity contribution in [3.63, 3.8) is 0 Å². The van der Waals surface area contributed by atoms with Crippen molar-refractivity contribution in [2.45, 2.75) is 45.9 Å². The molecule has 3 rings (SSSR count). The third kappa shape index (κ3) is 6.31. The highest BCUT2D eigenvalue weighted by molar-refractivity contribution is 6.30. The van der Waals surface area contributed by atoms with Crippen LogP contribution in [0.4, 0.5) is 14.5 Å². The summed E-state index contributed by atoms with van der Waals surface area (Å²) in [7, 11) is 0. The number of nitrogens with one attached hydrogen (secondary N) is 1. The highest BCUT2D eigenvalue weighted by Crippen LogP contribution is 2.33. The minimum absolute atomic E-state index is 0.00419. The van der Waals surface area contributed by atoms with Crippen LogP contribution in [0.5, 0.6) is 11.5 Å². The van der Waals surface area contributed by atoms with Gasteiger partial charge in [0, 0.05) is 23.3 Å². The molecule has 0 saturated heterocycles. The van der Waals surface area contributed by atoms with Crippen LogP contribution in [-0.2, 0) is 11.3 Å². The second kappa shape index (κ2) is 10.1. The molecular formula is C22H25ClF2N2O3. The average molecular weight is 439 g/mol. The van der Waals surface area contributed by atoms with Crippen LogP contribution in [0.15, 0.2) is 36.4 Å². The summed E-state index contributed by atoms with van der Waals surface area (Å²) in [5, 5.41) is 3.55. The Balaban J connectivity index is 1.68. The zero-order valence-corrected chi connectivity index (χ0v) is 17.7. The molecule has 30 heavy (non-hydrogen) atoms. The molecule has 0 bridgehead atoms. The molecule has 5 nitrogen and oxygen atoms in total. The number of halogens is 3. The molecule has 0 unspecified atom stereocenters. The number of nitrogens with zero attached hydrogens (tertiary/aromatic N) is 1. The van der Waals surface area contributed by atoms with Crippen LogP contribution in [-0.4, -0.2) is 36.6 Å². The zero-order valence-electron chi connectivity index (χ0n) is 17.0. The summed E-state index contributed by atoms with van der Waals surface area (Å²) in [5.74, 6) is 0.159. The Labute approximate surface area is 179 Å². The monoisotopic (exact) mass is 438 g/mol. The Morgan fingerprint density at radius 1 is 1.23 bits per heavy atom. The van der Waals surface area contributed by atoms with E-state index in [-0.39, 0.29) is 24.0 Å². The number of alkyl halides is 2. The van der Waals surface area contributed by atoms with Crippen molar-refractivity contribution in [2.75, 3.05) is 18.5 Å². The molecule has 1 aliphatic rings. The number of amides is 1. The zero-order chi connectivity index (χ0) is 21.7. The van der Waals surface area contributed by atoms with E-state index < -0.39 is 6.61 Å². The van der Waals surface area contributed by atoms with E-state index in [0.29, 0.717) is 24.2 Å². The molecule has 0 heterocycles. The van der Waals surface area contributed by atoms with Gasteiger partial charge in [-0.2, -0.15) is 8.78 Å².